The molecule has 11 heteroatoms. The van der Waals surface area contributed by atoms with Gasteiger partial charge in [-0.05, 0) is 96.5 Å². The quantitative estimate of drug-likeness (QED) is 0.227. The van der Waals surface area contributed by atoms with Gasteiger partial charge in [0.15, 0.2) is 6.10 Å². The molecular formula is C30H31F3N4O3S. The van der Waals surface area contributed by atoms with Crippen LogP contribution in [0.25, 0.3) is 22.2 Å². The van der Waals surface area contributed by atoms with Crippen LogP contribution >= 0.6 is 11.3 Å². The number of hydrogen-bond donors (Lipinski definition) is 3. The molecule has 7 nitrogen and oxygen atoms in total. The number of fused-ring (bicyclic) bond motifs is 1. The lowest BCUT2D eigenvalue weighted by molar-refractivity contribution is -0.208. The Balaban J connectivity index is 1.10. The van der Waals surface area contributed by atoms with Crippen LogP contribution in [-0.2, 0) is 0 Å². The normalized spacial score (nSPS) is 18.3. The van der Waals surface area contributed by atoms with Crippen molar-refractivity contribution >= 4 is 28.1 Å². The molecule has 1 aliphatic carbocycles. The molecule has 1 saturated heterocycles. The van der Waals surface area contributed by atoms with Crippen LogP contribution in [0.5, 0.6) is 5.75 Å². The zero-order valence-corrected chi connectivity index (χ0v) is 23.0. The summed E-state index contributed by atoms with van der Waals surface area (Å²) in [6.45, 7) is 0.445. The van der Waals surface area contributed by atoms with Crippen molar-refractivity contribution in [3.8, 4) is 17.0 Å². The van der Waals surface area contributed by atoms with Gasteiger partial charge in [0.2, 0.25) is 0 Å². The van der Waals surface area contributed by atoms with Crippen molar-refractivity contribution in [2.75, 3.05) is 19.6 Å². The number of benzene rings is 2. The number of hydrogen-bond acceptors (Lipinski definition) is 6. The van der Waals surface area contributed by atoms with Crippen LogP contribution in [0.4, 0.5) is 13.2 Å². The van der Waals surface area contributed by atoms with Crippen molar-refractivity contribution in [3.05, 3.63) is 70.4 Å². The van der Waals surface area contributed by atoms with Crippen LogP contribution in [0.2, 0.25) is 0 Å². The highest BCUT2D eigenvalue weighted by Gasteiger charge is 2.39. The second kappa shape index (κ2) is 11.5. The third kappa shape index (κ3) is 6.42. The number of carbonyl (C=O) groups excluding carboxylic acids is 1. The van der Waals surface area contributed by atoms with E-state index in [1.54, 1.807) is 16.2 Å². The van der Waals surface area contributed by atoms with E-state index < -0.39 is 18.8 Å². The van der Waals surface area contributed by atoms with Crippen LogP contribution in [-0.4, -0.2) is 64.1 Å². The molecule has 41 heavy (non-hydrogen) atoms. The van der Waals surface area contributed by atoms with E-state index >= 15 is 0 Å². The lowest BCUT2D eigenvalue weighted by Gasteiger charge is -2.33. The monoisotopic (exact) mass is 584 g/mol. The summed E-state index contributed by atoms with van der Waals surface area (Å²) in [5.74, 6) is 1.05. The molecule has 1 amide bonds. The first-order valence-electron chi connectivity index (χ1n) is 13.8. The number of piperidine rings is 1. The van der Waals surface area contributed by atoms with Crippen LogP contribution in [0.1, 0.15) is 47.6 Å². The Morgan fingerprint density at radius 3 is 2.54 bits per heavy atom. The SMILES string of the molecule is O=C(NC(c1ccsc1)C1CC1)c1ccc2[nH]nc(-c3ccc(OC4CCN(C[C@@H](O)C(F)(F)F)CC4)cc3)c2c1. The first kappa shape index (κ1) is 27.7. The molecule has 2 aromatic heterocycles. The lowest BCUT2D eigenvalue weighted by atomic mass is 10.0. The minimum Gasteiger partial charge on any atom is -0.490 e. The van der Waals surface area contributed by atoms with Gasteiger partial charge in [-0.15, -0.1) is 0 Å². The highest BCUT2D eigenvalue weighted by molar-refractivity contribution is 7.08. The summed E-state index contributed by atoms with van der Waals surface area (Å²) in [7, 11) is 0. The number of alkyl halides is 3. The molecule has 2 atom stereocenters. The number of nitrogens with one attached hydrogen (secondary N) is 2. The number of rotatable bonds is 9. The fraction of sp³-hybridized carbons (Fsp3) is 0.400. The van der Waals surface area contributed by atoms with Crippen molar-refractivity contribution in [3.63, 3.8) is 0 Å². The Kier molecular flexibility index (Phi) is 7.76. The molecule has 1 unspecified atom stereocenters. The topological polar surface area (TPSA) is 90.5 Å². The molecule has 4 aromatic rings. The number of aliphatic hydroxyl groups excluding tert-OH is 1. The molecule has 3 heterocycles. The van der Waals surface area contributed by atoms with Gasteiger partial charge in [0.1, 0.15) is 11.9 Å². The maximum absolute atomic E-state index is 13.2. The molecule has 0 spiro atoms. The third-order valence-corrected chi connectivity index (χ3v) is 8.58. The van der Waals surface area contributed by atoms with E-state index in [0.717, 1.165) is 40.6 Å². The molecule has 6 rings (SSSR count). The van der Waals surface area contributed by atoms with Gasteiger partial charge < -0.3 is 20.1 Å². The minimum absolute atomic E-state index is 0.0273. The van der Waals surface area contributed by atoms with Crippen molar-refractivity contribution in [1.82, 2.24) is 20.4 Å². The van der Waals surface area contributed by atoms with E-state index in [1.807, 2.05) is 47.8 Å². The third-order valence-electron chi connectivity index (χ3n) is 7.88. The van der Waals surface area contributed by atoms with Gasteiger partial charge in [0.25, 0.3) is 5.91 Å². The summed E-state index contributed by atoms with van der Waals surface area (Å²) in [5, 5.41) is 25.1. The Morgan fingerprint density at radius 2 is 1.88 bits per heavy atom. The Labute approximate surface area is 239 Å². The number of β-amino-alcohol motifs (C(OH)–C–C–N with tert-alkyl or cyclic N) is 1. The molecule has 0 bridgehead atoms. The van der Waals surface area contributed by atoms with Crippen LogP contribution in [0, 0.1) is 5.92 Å². The average Bonchev–Trinajstić information content (AvgIpc) is 3.48. The molecule has 1 saturated carbocycles. The second-order valence-electron chi connectivity index (χ2n) is 10.9. The fourth-order valence-corrected chi connectivity index (χ4v) is 6.09. The van der Waals surface area contributed by atoms with Gasteiger partial charge in [-0.25, -0.2) is 0 Å². The second-order valence-corrected chi connectivity index (χ2v) is 11.7. The standard InChI is InChI=1S/C30H31F3N4O3S/c31-30(32,33)26(38)16-37-12-9-23(10-13-37)40-22-6-3-19(4-7-22)28-24-15-20(5-8-25(24)35-36-28)29(39)34-27(18-1-2-18)21-11-14-41-17-21/h3-8,11,14-15,17-18,23,26-27,38H,1-2,9-10,12-13,16H2,(H,34,39)(H,35,36)/t26-,27?/m1/s1. The van der Waals surface area contributed by atoms with E-state index in [4.69, 9.17) is 4.74 Å². The zero-order chi connectivity index (χ0) is 28.6. The summed E-state index contributed by atoms with van der Waals surface area (Å²) >= 11 is 1.63. The van der Waals surface area contributed by atoms with Gasteiger partial charge in [0.05, 0.1) is 17.3 Å². The van der Waals surface area contributed by atoms with Crippen molar-refractivity contribution in [2.45, 2.75) is 50.1 Å². The highest BCUT2D eigenvalue weighted by atomic mass is 32.1. The Bertz CT molecular complexity index is 1480. The maximum atomic E-state index is 13.2. The lowest BCUT2D eigenvalue weighted by Crippen LogP contribution is -2.45. The molecule has 2 aliphatic rings. The first-order chi connectivity index (χ1) is 19.7. The number of thiophene rings is 1. The molecule has 3 N–H and O–H groups in total. The maximum Gasteiger partial charge on any atom is 0.415 e. The zero-order valence-electron chi connectivity index (χ0n) is 22.2. The number of amides is 1. The molecule has 216 valence electrons. The van der Waals surface area contributed by atoms with E-state index in [0.29, 0.717) is 43.2 Å². The predicted molar refractivity (Wildman–Crippen MR) is 151 cm³/mol. The molecule has 2 aromatic carbocycles. The number of H-pyrrole nitrogens is 1. The average molecular weight is 585 g/mol. The number of aliphatic hydroxyl groups is 1. The summed E-state index contributed by atoms with van der Waals surface area (Å²) in [6, 6.07) is 15.2. The van der Waals surface area contributed by atoms with Gasteiger partial charge in [-0.2, -0.15) is 29.6 Å². The van der Waals surface area contributed by atoms with Gasteiger partial charge in [-0.3, -0.25) is 9.89 Å². The number of aromatic amines is 1. The van der Waals surface area contributed by atoms with Crippen LogP contribution in [0.3, 0.4) is 0 Å². The van der Waals surface area contributed by atoms with Crippen molar-refractivity contribution < 1.29 is 27.8 Å². The number of nitrogens with zero attached hydrogens (tertiary/aromatic N) is 2. The summed E-state index contributed by atoms with van der Waals surface area (Å²) in [6.07, 6.45) is -3.65. The van der Waals surface area contributed by atoms with Crippen molar-refractivity contribution in [2.24, 2.45) is 5.92 Å². The number of halogens is 3. The molecule has 0 radical (unpaired) electrons. The van der Waals surface area contributed by atoms with Gasteiger partial charge >= 0.3 is 6.18 Å². The Hall–Kier alpha value is -3.41. The van der Waals surface area contributed by atoms with Crippen LogP contribution < -0.4 is 10.1 Å². The predicted octanol–water partition coefficient (Wildman–Crippen LogP) is 5.94. The summed E-state index contributed by atoms with van der Waals surface area (Å²) in [4.78, 5) is 14.8. The molecule has 1 aliphatic heterocycles. The van der Waals surface area contributed by atoms with Gasteiger partial charge in [-0.1, -0.05) is 0 Å². The van der Waals surface area contributed by atoms with Gasteiger partial charge in [0, 0.05) is 36.1 Å². The van der Waals surface area contributed by atoms with Crippen molar-refractivity contribution in [1.29, 1.82) is 0 Å². The van der Waals surface area contributed by atoms with E-state index in [1.165, 1.54) is 0 Å². The minimum atomic E-state index is -4.61. The Morgan fingerprint density at radius 1 is 1.12 bits per heavy atom. The first-order valence-corrected chi connectivity index (χ1v) is 14.7. The number of carbonyl (C=O) groups is 1. The molecular weight excluding hydrogens is 553 g/mol. The van der Waals surface area contributed by atoms with E-state index in [9.17, 15) is 23.1 Å². The van der Waals surface area contributed by atoms with E-state index in [2.05, 4.69) is 27.0 Å². The largest absolute Gasteiger partial charge is 0.490 e. The van der Waals surface area contributed by atoms with Crippen LogP contribution in [0.15, 0.2) is 59.3 Å². The fourth-order valence-electron chi connectivity index (χ4n) is 5.40. The smallest absolute Gasteiger partial charge is 0.415 e. The molecule has 2 fully saturated rings. The number of ether oxygens (including phenoxy) is 1. The number of aromatic nitrogens is 2. The number of likely N-dealkylation sites (tertiary alicyclic amines) is 1. The summed E-state index contributed by atoms with van der Waals surface area (Å²) < 4.78 is 44.0. The summed E-state index contributed by atoms with van der Waals surface area (Å²) in [5.41, 5.74) is 4.16. The highest BCUT2D eigenvalue weighted by Crippen LogP contribution is 2.41. The van der Waals surface area contributed by atoms with E-state index in [-0.39, 0.29) is 18.1 Å².